The number of amides is 1. The maximum atomic E-state index is 12.2. The van der Waals surface area contributed by atoms with Crippen LogP contribution < -0.4 is 16.4 Å². The maximum Gasteiger partial charge on any atom is 0.255 e. The van der Waals surface area contributed by atoms with E-state index in [-0.39, 0.29) is 11.7 Å². The summed E-state index contributed by atoms with van der Waals surface area (Å²) in [7, 11) is 0. The molecule has 6 heteroatoms. The van der Waals surface area contributed by atoms with Crippen LogP contribution in [0.1, 0.15) is 27.3 Å². The van der Waals surface area contributed by atoms with Gasteiger partial charge in [-0.3, -0.25) is 9.78 Å². The van der Waals surface area contributed by atoms with Crippen LogP contribution in [-0.2, 0) is 19.5 Å². The van der Waals surface area contributed by atoms with Gasteiger partial charge < -0.3 is 16.4 Å². The van der Waals surface area contributed by atoms with E-state index < -0.39 is 0 Å². The Morgan fingerprint density at radius 2 is 2.33 bits per heavy atom. The topological polar surface area (TPSA) is 92.9 Å². The normalized spacial score (nSPS) is 13.5. The molecule has 1 aliphatic rings. The van der Waals surface area contributed by atoms with Crippen molar-refractivity contribution in [2.24, 2.45) is 0 Å². The van der Waals surface area contributed by atoms with Crippen LogP contribution in [0.5, 0.6) is 0 Å². The lowest BCUT2D eigenvalue weighted by Crippen LogP contribution is -2.28. The minimum absolute atomic E-state index is 0.223. The summed E-state index contributed by atoms with van der Waals surface area (Å²) < 4.78 is 0. The first-order valence-corrected chi connectivity index (χ1v) is 6.91. The molecule has 1 amide bonds. The third-order valence-corrected chi connectivity index (χ3v) is 3.48. The van der Waals surface area contributed by atoms with E-state index in [9.17, 15) is 4.79 Å². The lowest BCUT2D eigenvalue weighted by molar-refractivity contribution is 0.0951. The second-order valence-electron chi connectivity index (χ2n) is 4.96. The summed E-state index contributed by atoms with van der Waals surface area (Å²) in [5.74, 6) is 0.0631. The molecule has 0 aliphatic carbocycles. The smallest absolute Gasteiger partial charge is 0.255 e. The molecule has 0 radical (unpaired) electrons. The molecule has 3 rings (SSSR count). The first-order chi connectivity index (χ1) is 10.2. The molecule has 0 spiro atoms. The summed E-state index contributed by atoms with van der Waals surface area (Å²) in [6.07, 6.45) is 2.54. The Morgan fingerprint density at radius 1 is 1.43 bits per heavy atom. The van der Waals surface area contributed by atoms with Gasteiger partial charge in [-0.2, -0.15) is 0 Å². The zero-order valence-electron chi connectivity index (χ0n) is 11.6. The maximum absolute atomic E-state index is 12.2. The number of fused-ring (bicyclic) bond motifs is 1. The van der Waals surface area contributed by atoms with Gasteiger partial charge in [0.15, 0.2) is 0 Å². The highest BCUT2D eigenvalue weighted by molar-refractivity contribution is 5.98. The van der Waals surface area contributed by atoms with Crippen LogP contribution in [0, 0.1) is 0 Å². The van der Waals surface area contributed by atoms with Gasteiger partial charge in [-0.1, -0.05) is 6.07 Å². The van der Waals surface area contributed by atoms with Gasteiger partial charge in [0.05, 0.1) is 17.8 Å². The number of hydrogen-bond donors (Lipinski definition) is 3. The average molecular weight is 283 g/mol. The summed E-state index contributed by atoms with van der Waals surface area (Å²) in [5.41, 5.74) is 9.15. The van der Waals surface area contributed by atoms with Crippen LogP contribution in [0.4, 0.5) is 5.82 Å². The van der Waals surface area contributed by atoms with Gasteiger partial charge in [0, 0.05) is 31.4 Å². The molecule has 0 saturated carbocycles. The van der Waals surface area contributed by atoms with Crippen molar-refractivity contribution in [2.45, 2.75) is 19.5 Å². The second-order valence-corrected chi connectivity index (χ2v) is 4.96. The number of nitrogen functional groups attached to an aromatic ring is 1. The molecule has 2 aromatic heterocycles. The average Bonchev–Trinajstić information content (AvgIpc) is 2.53. The molecular formula is C15H17N5O. The second kappa shape index (κ2) is 5.88. The number of anilines is 1. The van der Waals surface area contributed by atoms with Gasteiger partial charge in [-0.15, -0.1) is 0 Å². The number of hydrogen-bond acceptors (Lipinski definition) is 5. The van der Waals surface area contributed by atoms with Gasteiger partial charge in [0.25, 0.3) is 5.91 Å². The molecule has 6 nitrogen and oxygen atoms in total. The summed E-state index contributed by atoms with van der Waals surface area (Å²) in [6, 6.07) is 7.41. The first-order valence-electron chi connectivity index (χ1n) is 6.91. The highest BCUT2D eigenvalue weighted by Crippen LogP contribution is 2.18. The number of carbonyl (C=O) groups excluding carboxylic acids is 1. The van der Waals surface area contributed by atoms with Gasteiger partial charge >= 0.3 is 0 Å². The van der Waals surface area contributed by atoms with Crippen molar-refractivity contribution in [1.82, 2.24) is 20.6 Å². The van der Waals surface area contributed by atoms with E-state index in [1.54, 1.807) is 6.20 Å². The summed E-state index contributed by atoms with van der Waals surface area (Å²) in [4.78, 5) is 20.8. The van der Waals surface area contributed by atoms with E-state index in [0.717, 1.165) is 36.5 Å². The first kappa shape index (κ1) is 13.5. The molecule has 2 aromatic rings. The van der Waals surface area contributed by atoms with Crippen molar-refractivity contribution < 1.29 is 4.79 Å². The van der Waals surface area contributed by atoms with Crippen LogP contribution >= 0.6 is 0 Å². The van der Waals surface area contributed by atoms with Crippen molar-refractivity contribution in [3.8, 4) is 0 Å². The quantitative estimate of drug-likeness (QED) is 0.768. The van der Waals surface area contributed by atoms with Crippen LogP contribution in [0.3, 0.4) is 0 Å². The Balaban J connectivity index is 1.75. The molecule has 4 N–H and O–H groups in total. The monoisotopic (exact) mass is 283 g/mol. The molecule has 108 valence electrons. The van der Waals surface area contributed by atoms with E-state index >= 15 is 0 Å². The highest BCUT2D eigenvalue weighted by atomic mass is 16.1. The summed E-state index contributed by atoms with van der Waals surface area (Å²) in [6.45, 7) is 1.99. The third kappa shape index (κ3) is 3.00. The van der Waals surface area contributed by atoms with Crippen molar-refractivity contribution in [3.63, 3.8) is 0 Å². The Labute approximate surface area is 122 Å². The number of rotatable bonds is 3. The van der Waals surface area contributed by atoms with E-state index in [1.165, 1.54) is 0 Å². The Bertz CT molecular complexity index is 657. The molecule has 0 fully saturated rings. The van der Waals surface area contributed by atoms with Crippen molar-refractivity contribution in [3.05, 3.63) is 53.0 Å². The fraction of sp³-hybridized carbons (Fsp3) is 0.267. The highest BCUT2D eigenvalue weighted by Gasteiger charge is 2.17. The Morgan fingerprint density at radius 3 is 3.14 bits per heavy atom. The fourth-order valence-electron chi connectivity index (χ4n) is 2.36. The minimum Gasteiger partial charge on any atom is -0.383 e. The van der Waals surface area contributed by atoms with Crippen LogP contribution in [-0.4, -0.2) is 22.4 Å². The fourth-order valence-corrected chi connectivity index (χ4v) is 2.36. The van der Waals surface area contributed by atoms with Gasteiger partial charge in [0.1, 0.15) is 5.82 Å². The molecule has 0 atom stereocenters. The number of pyridine rings is 2. The van der Waals surface area contributed by atoms with E-state index in [4.69, 9.17) is 5.73 Å². The van der Waals surface area contributed by atoms with E-state index in [1.807, 2.05) is 24.3 Å². The largest absolute Gasteiger partial charge is 0.383 e. The zero-order valence-corrected chi connectivity index (χ0v) is 11.6. The van der Waals surface area contributed by atoms with Crippen LogP contribution in [0.15, 0.2) is 30.5 Å². The van der Waals surface area contributed by atoms with Crippen LogP contribution in [0.25, 0.3) is 0 Å². The van der Waals surface area contributed by atoms with Gasteiger partial charge in [-0.25, -0.2) is 4.98 Å². The molecule has 1 aliphatic heterocycles. The van der Waals surface area contributed by atoms with Gasteiger partial charge in [-0.05, 0) is 23.8 Å². The van der Waals surface area contributed by atoms with E-state index in [0.29, 0.717) is 12.1 Å². The summed E-state index contributed by atoms with van der Waals surface area (Å²) in [5, 5.41) is 6.08. The molecule has 21 heavy (non-hydrogen) atoms. The molecule has 0 unspecified atom stereocenters. The lowest BCUT2D eigenvalue weighted by atomic mass is 10.0. The predicted molar refractivity (Wildman–Crippen MR) is 79.5 cm³/mol. The number of carbonyl (C=O) groups is 1. The standard InChI is InChI=1S/C15H17N5O/c16-14-12(7-10-8-17-6-4-13(10)20-14)15(21)19-9-11-3-1-2-5-18-11/h1-3,5,7,17H,4,6,8-9H2,(H2,16,20)(H,19,21). The SMILES string of the molecule is Nc1nc2c(cc1C(=O)NCc1ccccn1)CNCC2. The predicted octanol–water partition coefficient (Wildman–Crippen LogP) is 0.634. The zero-order chi connectivity index (χ0) is 14.7. The summed E-state index contributed by atoms with van der Waals surface area (Å²) >= 11 is 0. The number of nitrogens with two attached hydrogens (primary N) is 1. The van der Waals surface area contributed by atoms with Gasteiger partial charge in [0.2, 0.25) is 0 Å². The lowest BCUT2D eigenvalue weighted by Gasteiger charge is -2.18. The molecule has 0 aromatic carbocycles. The van der Waals surface area contributed by atoms with Crippen molar-refractivity contribution >= 4 is 11.7 Å². The molecule has 0 saturated heterocycles. The molecular weight excluding hydrogens is 266 g/mol. The Kier molecular flexibility index (Phi) is 3.79. The number of nitrogens with one attached hydrogen (secondary N) is 2. The van der Waals surface area contributed by atoms with Crippen molar-refractivity contribution in [2.75, 3.05) is 12.3 Å². The minimum atomic E-state index is -0.223. The number of nitrogens with zero attached hydrogens (tertiary/aromatic N) is 2. The molecule has 0 bridgehead atoms. The van der Waals surface area contributed by atoms with Crippen LogP contribution in [0.2, 0.25) is 0 Å². The Hall–Kier alpha value is -2.47. The van der Waals surface area contributed by atoms with Crippen molar-refractivity contribution in [1.29, 1.82) is 0 Å². The third-order valence-electron chi connectivity index (χ3n) is 3.48. The molecule has 3 heterocycles. The number of aromatic nitrogens is 2. The van der Waals surface area contributed by atoms with E-state index in [2.05, 4.69) is 20.6 Å².